The second kappa shape index (κ2) is 14.5. The summed E-state index contributed by atoms with van der Waals surface area (Å²) >= 11 is 0. The monoisotopic (exact) mass is 553 g/mol. The fourth-order valence-electron chi connectivity index (χ4n) is 4.68. The molecule has 0 aliphatic heterocycles. The van der Waals surface area contributed by atoms with Gasteiger partial charge in [0.05, 0.1) is 6.42 Å². The number of primary amides is 1. The Hall–Kier alpha value is -4.92. The number of rotatable bonds is 14. The van der Waals surface area contributed by atoms with Crippen LogP contribution < -0.4 is 21.7 Å². The van der Waals surface area contributed by atoms with Crippen LogP contribution in [0.5, 0.6) is 0 Å². The predicted molar refractivity (Wildman–Crippen MR) is 158 cm³/mol. The van der Waals surface area contributed by atoms with Crippen molar-refractivity contribution in [3.8, 4) is 0 Å². The van der Waals surface area contributed by atoms with Crippen LogP contribution >= 0.6 is 0 Å². The highest BCUT2D eigenvalue weighted by Gasteiger charge is 2.28. The number of nitrogens with two attached hydrogens (primary N) is 1. The lowest BCUT2D eigenvalue weighted by molar-refractivity contribution is -0.132. The molecule has 0 spiro atoms. The number of carbonyl (C=O) groups is 4. The Kier molecular flexibility index (Phi) is 10.3. The molecule has 0 saturated carbocycles. The number of nitrogens with one attached hydrogen (secondary N) is 4. The van der Waals surface area contributed by atoms with Gasteiger partial charge < -0.3 is 26.7 Å². The number of carbonyl (C=O) groups excluding carboxylic acids is 4. The van der Waals surface area contributed by atoms with Crippen molar-refractivity contribution in [2.45, 2.75) is 44.2 Å². The van der Waals surface area contributed by atoms with Crippen molar-refractivity contribution in [1.82, 2.24) is 20.9 Å². The van der Waals surface area contributed by atoms with Gasteiger partial charge in [0.2, 0.25) is 23.6 Å². The van der Waals surface area contributed by atoms with Crippen LogP contribution in [0.4, 0.5) is 0 Å². The van der Waals surface area contributed by atoms with Crippen LogP contribution in [0.1, 0.15) is 29.5 Å². The van der Waals surface area contributed by atoms with Gasteiger partial charge in [0, 0.05) is 36.5 Å². The Bertz CT molecular complexity index is 1470. The summed E-state index contributed by atoms with van der Waals surface area (Å²) in [5, 5.41) is 9.43. The normalized spacial score (nSPS) is 12.3. The molecule has 1 aromatic heterocycles. The summed E-state index contributed by atoms with van der Waals surface area (Å²) in [4.78, 5) is 54.4. The highest BCUT2D eigenvalue weighted by atomic mass is 16.2. The topological polar surface area (TPSA) is 146 Å². The van der Waals surface area contributed by atoms with E-state index in [4.69, 9.17) is 5.73 Å². The van der Waals surface area contributed by atoms with Crippen LogP contribution in [-0.4, -0.2) is 47.2 Å². The van der Waals surface area contributed by atoms with Gasteiger partial charge in [-0.25, -0.2) is 0 Å². The molecule has 0 radical (unpaired) electrons. The van der Waals surface area contributed by atoms with Crippen molar-refractivity contribution in [2.75, 3.05) is 6.54 Å². The zero-order valence-electron chi connectivity index (χ0n) is 22.8. The third-order valence-corrected chi connectivity index (χ3v) is 6.83. The van der Waals surface area contributed by atoms with E-state index in [2.05, 4.69) is 20.9 Å². The predicted octanol–water partition coefficient (Wildman–Crippen LogP) is 2.55. The maximum Gasteiger partial charge on any atom is 0.243 e. The minimum Gasteiger partial charge on any atom is -0.370 e. The molecule has 4 rings (SSSR count). The molecular weight excluding hydrogens is 518 g/mol. The van der Waals surface area contributed by atoms with Crippen molar-refractivity contribution in [3.05, 3.63) is 108 Å². The first-order chi connectivity index (χ1) is 19.9. The Balaban J connectivity index is 1.48. The van der Waals surface area contributed by atoms with E-state index in [-0.39, 0.29) is 37.5 Å². The standard InChI is InChI=1S/C32H35N5O4/c33-29(38)16-15-27(36-30(39)19-23-11-5-2-6-12-23)32(41)37-28(20-24-21-35-26-14-8-7-13-25(24)26)31(40)34-18-17-22-9-3-1-4-10-22/h1-14,21,27-28,35H,15-20H2,(H2,33,38)(H,34,40)(H,36,39)(H,37,41)/t27-,28+/m0/s1. The van der Waals surface area contributed by atoms with Crippen molar-refractivity contribution in [2.24, 2.45) is 5.73 Å². The van der Waals surface area contributed by atoms with Gasteiger partial charge in [-0.1, -0.05) is 78.9 Å². The summed E-state index contributed by atoms with van der Waals surface area (Å²) in [7, 11) is 0. The fourth-order valence-corrected chi connectivity index (χ4v) is 4.68. The molecular formula is C32H35N5O4. The summed E-state index contributed by atoms with van der Waals surface area (Å²) in [6.45, 7) is 0.391. The molecule has 0 fully saturated rings. The van der Waals surface area contributed by atoms with Crippen molar-refractivity contribution >= 4 is 34.5 Å². The molecule has 0 saturated heterocycles. The Morgan fingerprint density at radius 3 is 2.12 bits per heavy atom. The lowest BCUT2D eigenvalue weighted by Crippen LogP contribution is -2.55. The molecule has 9 nitrogen and oxygen atoms in total. The van der Waals surface area contributed by atoms with E-state index in [0.29, 0.717) is 13.0 Å². The third kappa shape index (κ3) is 8.79. The largest absolute Gasteiger partial charge is 0.370 e. The smallest absolute Gasteiger partial charge is 0.243 e. The SMILES string of the molecule is NC(=O)CC[C@H](NC(=O)Cc1ccccc1)C(=O)N[C@H](Cc1c[nH]c2ccccc12)C(=O)NCCc1ccccc1. The first kappa shape index (κ1) is 29.1. The fraction of sp³-hybridized carbons (Fsp3) is 0.250. The Morgan fingerprint density at radius 1 is 0.756 bits per heavy atom. The molecule has 9 heteroatoms. The van der Waals surface area contributed by atoms with E-state index in [1.165, 1.54) is 0 Å². The van der Waals surface area contributed by atoms with E-state index >= 15 is 0 Å². The first-order valence-corrected chi connectivity index (χ1v) is 13.7. The van der Waals surface area contributed by atoms with Crippen molar-refractivity contribution < 1.29 is 19.2 Å². The van der Waals surface area contributed by atoms with Crippen molar-refractivity contribution in [3.63, 3.8) is 0 Å². The van der Waals surface area contributed by atoms with E-state index in [0.717, 1.165) is 27.6 Å². The molecule has 41 heavy (non-hydrogen) atoms. The van der Waals surface area contributed by atoms with Gasteiger partial charge in [0.15, 0.2) is 0 Å². The number of H-pyrrole nitrogens is 1. The first-order valence-electron chi connectivity index (χ1n) is 13.7. The van der Waals surface area contributed by atoms with Crippen LogP contribution in [0.15, 0.2) is 91.1 Å². The van der Waals surface area contributed by atoms with E-state index in [1.54, 1.807) is 0 Å². The average Bonchev–Trinajstić information content (AvgIpc) is 3.38. The molecule has 6 N–H and O–H groups in total. The Morgan fingerprint density at radius 2 is 1.41 bits per heavy atom. The average molecular weight is 554 g/mol. The molecule has 2 atom stereocenters. The molecule has 4 amide bonds. The van der Waals surface area contributed by atoms with Gasteiger partial charge in [-0.05, 0) is 35.6 Å². The number of aromatic amines is 1. The van der Waals surface area contributed by atoms with E-state index in [1.807, 2.05) is 91.1 Å². The highest BCUT2D eigenvalue weighted by Crippen LogP contribution is 2.19. The number of amides is 4. The van der Waals surface area contributed by atoms with Crippen LogP contribution in [0, 0.1) is 0 Å². The number of hydrogen-bond acceptors (Lipinski definition) is 4. The van der Waals surface area contributed by atoms with Crippen LogP contribution in [0.3, 0.4) is 0 Å². The minimum absolute atomic E-state index is 0.0110. The molecule has 4 aromatic rings. The number of aromatic nitrogens is 1. The van der Waals surface area contributed by atoms with E-state index in [9.17, 15) is 19.2 Å². The lowest BCUT2D eigenvalue weighted by Gasteiger charge is -2.23. The zero-order valence-corrected chi connectivity index (χ0v) is 22.8. The molecule has 0 bridgehead atoms. The minimum atomic E-state index is -1.04. The number of hydrogen-bond donors (Lipinski definition) is 5. The molecule has 212 valence electrons. The van der Waals surface area contributed by atoms with E-state index < -0.39 is 23.9 Å². The zero-order chi connectivity index (χ0) is 29.0. The maximum atomic E-state index is 13.5. The molecule has 0 aliphatic carbocycles. The number of para-hydroxylation sites is 1. The molecule has 0 unspecified atom stereocenters. The highest BCUT2D eigenvalue weighted by molar-refractivity contribution is 5.93. The Labute approximate surface area is 238 Å². The van der Waals surface area contributed by atoms with Gasteiger partial charge >= 0.3 is 0 Å². The lowest BCUT2D eigenvalue weighted by atomic mass is 10.0. The second-order valence-corrected chi connectivity index (χ2v) is 9.94. The van der Waals surface area contributed by atoms with Crippen molar-refractivity contribution in [1.29, 1.82) is 0 Å². The number of fused-ring (bicyclic) bond motifs is 1. The maximum absolute atomic E-state index is 13.5. The van der Waals surface area contributed by atoms with Gasteiger partial charge in [-0.3, -0.25) is 19.2 Å². The van der Waals surface area contributed by atoms with Gasteiger partial charge in [0.25, 0.3) is 0 Å². The quantitative estimate of drug-likeness (QED) is 0.163. The molecule has 1 heterocycles. The number of benzene rings is 3. The van der Waals surface area contributed by atoms with Crippen LogP contribution in [0.25, 0.3) is 10.9 Å². The van der Waals surface area contributed by atoms with Gasteiger partial charge in [-0.15, -0.1) is 0 Å². The van der Waals surface area contributed by atoms with Crippen LogP contribution in [0.2, 0.25) is 0 Å². The second-order valence-electron chi connectivity index (χ2n) is 9.94. The van der Waals surface area contributed by atoms with Gasteiger partial charge in [0.1, 0.15) is 12.1 Å². The summed E-state index contributed by atoms with van der Waals surface area (Å²) < 4.78 is 0. The van der Waals surface area contributed by atoms with Crippen LogP contribution in [-0.2, 0) is 38.4 Å². The molecule has 3 aromatic carbocycles. The summed E-state index contributed by atoms with van der Waals surface area (Å²) in [6, 6.07) is 24.7. The summed E-state index contributed by atoms with van der Waals surface area (Å²) in [5.41, 5.74) is 8.99. The van der Waals surface area contributed by atoms with Gasteiger partial charge in [-0.2, -0.15) is 0 Å². The summed E-state index contributed by atoms with van der Waals surface area (Å²) in [5.74, 6) is -1.87. The summed E-state index contributed by atoms with van der Waals surface area (Å²) in [6.07, 6.45) is 2.68. The molecule has 0 aliphatic rings. The third-order valence-electron chi connectivity index (χ3n) is 6.83.